The lowest BCUT2D eigenvalue weighted by Gasteiger charge is -2.39. The molecule has 3 aromatic rings. The highest BCUT2D eigenvalue weighted by molar-refractivity contribution is 5.87. The van der Waals surface area contributed by atoms with Crippen molar-refractivity contribution in [2.45, 2.75) is 37.8 Å². The number of benzene rings is 1. The van der Waals surface area contributed by atoms with Crippen LogP contribution in [0.1, 0.15) is 34.7 Å². The van der Waals surface area contributed by atoms with Crippen LogP contribution >= 0.6 is 0 Å². The minimum absolute atomic E-state index is 0.345. The lowest BCUT2D eigenvalue weighted by molar-refractivity contribution is -0.0117. The largest absolute Gasteiger partial charge is 0.383 e. The van der Waals surface area contributed by atoms with Gasteiger partial charge in [-0.1, -0.05) is 11.6 Å². The molecule has 0 fully saturated rings. The first kappa shape index (κ1) is 16.0. The second-order valence-corrected chi connectivity index (χ2v) is 8.15. The van der Waals surface area contributed by atoms with E-state index in [9.17, 15) is 5.11 Å². The molecule has 2 unspecified atom stereocenters. The minimum Gasteiger partial charge on any atom is -0.383 e. The summed E-state index contributed by atoms with van der Waals surface area (Å²) in [6.45, 7) is 4.85. The zero-order valence-corrected chi connectivity index (χ0v) is 15.4. The maximum Gasteiger partial charge on any atom is 0.108 e. The van der Waals surface area contributed by atoms with Crippen molar-refractivity contribution in [1.82, 2.24) is 14.5 Å². The molecule has 0 bridgehead atoms. The Kier molecular flexibility index (Phi) is 3.49. The highest BCUT2D eigenvalue weighted by Crippen LogP contribution is 2.46. The number of nitrogens with zero attached hydrogens (tertiary/aromatic N) is 3. The molecule has 134 valence electrons. The van der Waals surface area contributed by atoms with E-state index in [1.54, 1.807) is 12.4 Å². The van der Waals surface area contributed by atoms with Crippen molar-refractivity contribution >= 4 is 10.9 Å². The van der Waals surface area contributed by atoms with Gasteiger partial charge in [-0.3, -0.25) is 4.98 Å². The Hall–Kier alpha value is -2.17. The Balaban J connectivity index is 1.74. The molecule has 2 aromatic heterocycles. The summed E-state index contributed by atoms with van der Waals surface area (Å²) in [4.78, 5) is 6.54. The summed E-state index contributed by atoms with van der Waals surface area (Å²) in [5.41, 5.74) is 5.64. The first-order valence-electron chi connectivity index (χ1n) is 9.48. The molecule has 2 aliphatic heterocycles. The molecule has 1 aromatic carbocycles. The first-order valence-corrected chi connectivity index (χ1v) is 9.48. The second-order valence-electron chi connectivity index (χ2n) is 8.15. The fraction of sp³-hybridized carbons (Fsp3) is 0.409. The summed E-state index contributed by atoms with van der Waals surface area (Å²) in [6, 6.07) is 10.7. The van der Waals surface area contributed by atoms with Gasteiger partial charge in [-0.25, -0.2) is 0 Å². The lowest BCUT2D eigenvalue weighted by Crippen LogP contribution is -2.40. The average Bonchev–Trinajstić information content (AvgIpc) is 2.82. The first-order chi connectivity index (χ1) is 12.5. The van der Waals surface area contributed by atoms with Gasteiger partial charge in [0.1, 0.15) is 5.60 Å². The van der Waals surface area contributed by atoms with Gasteiger partial charge in [-0.05, 0) is 62.2 Å². The number of likely N-dealkylation sites (N-methyl/N-ethyl adjacent to an activating group) is 1. The number of hydrogen-bond acceptors (Lipinski definition) is 3. The van der Waals surface area contributed by atoms with E-state index in [0.29, 0.717) is 12.5 Å². The molecule has 2 atom stereocenters. The van der Waals surface area contributed by atoms with Gasteiger partial charge in [0.05, 0.1) is 6.54 Å². The predicted molar refractivity (Wildman–Crippen MR) is 103 cm³/mol. The van der Waals surface area contributed by atoms with Gasteiger partial charge in [0, 0.05) is 48.0 Å². The summed E-state index contributed by atoms with van der Waals surface area (Å²) >= 11 is 0. The Morgan fingerprint density at radius 3 is 2.81 bits per heavy atom. The van der Waals surface area contributed by atoms with E-state index >= 15 is 0 Å². The van der Waals surface area contributed by atoms with Gasteiger partial charge in [0.2, 0.25) is 0 Å². The van der Waals surface area contributed by atoms with Crippen LogP contribution in [0.4, 0.5) is 0 Å². The Bertz CT molecular complexity index is 978. The van der Waals surface area contributed by atoms with Gasteiger partial charge < -0.3 is 14.6 Å². The van der Waals surface area contributed by atoms with E-state index in [4.69, 9.17) is 0 Å². The van der Waals surface area contributed by atoms with Crippen molar-refractivity contribution in [3.8, 4) is 0 Å². The molecule has 0 spiro atoms. The molecule has 1 N–H and O–H groups in total. The normalized spacial score (nSPS) is 25.9. The molecule has 0 radical (unpaired) electrons. The fourth-order valence-corrected chi connectivity index (χ4v) is 5.08. The zero-order chi connectivity index (χ0) is 17.9. The molecule has 26 heavy (non-hydrogen) atoms. The Labute approximate surface area is 154 Å². The third-order valence-corrected chi connectivity index (χ3v) is 6.25. The molecule has 0 saturated carbocycles. The highest BCUT2D eigenvalue weighted by atomic mass is 16.3. The van der Waals surface area contributed by atoms with Crippen LogP contribution in [-0.4, -0.2) is 39.7 Å². The quantitative estimate of drug-likeness (QED) is 0.735. The lowest BCUT2D eigenvalue weighted by atomic mass is 9.79. The SMILES string of the molecule is Cc1ccc2c(c1)c1c3n2CC(O)(c2ccncc2)CC3CN(C)CC1. The van der Waals surface area contributed by atoms with Crippen molar-refractivity contribution < 1.29 is 5.11 Å². The van der Waals surface area contributed by atoms with Crippen LogP contribution in [0, 0.1) is 6.92 Å². The molecule has 0 saturated heterocycles. The maximum absolute atomic E-state index is 11.6. The Morgan fingerprint density at radius 2 is 2.00 bits per heavy atom. The van der Waals surface area contributed by atoms with Crippen molar-refractivity contribution in [3.05, 3.63) is 65.1 Å². The summed E-state index contributed by atoms with van der Waals surface area (Å²) in [7, 11) is 2.20. The fourth-order valence-electron chi connectivity index (χ4n) is 5.08. The van der Waals surface area contributed by atoms with E-state index < -0.39 is 5.60 Å². The van der Waals surface area contributed by atoms with Crippen LogP contribution in [0.15, 0.2) is 42.7 Å². The molecular weight excluding hydrogens is 322 g/mol. The maximum atomic E-state index is 11.6. The highest BCUT2D eigenvalue weighted by Gasteiger charge is 2.42. The number of pyridine rings is 1. The monoisotopic (exact) mass is 347 g/mol. The van der Waals surface area contributed by atoms with E-state index in [0.717, 1.165) is 31.5 Å². The molecular formula is C22H25N3O. The second kappa shape index (κ2) is 5.66. The van der Waals surface area contributed by atoms with Crippen LogP contribution in [0.3, 0.4) is 0 Å². The zero-order valence-electron chi connectivity index (χ0n) is 15.4. The summed E-state index contributed by atoms with van der Waals surface area (Å²) in [6.07, 6.45) is 5.42. The molecule has 4 heteroatoms. The smallest absolute Gasteiger partial charge is 0.108 e. The number of rotatable bonds is 1. The number of hydrogen-bond donors (Lipinski definition) is 1. The van der Waals surface area contributed by atoms with E-state index in [1.165, 1.54) is 27.7 Å². The van der Waals surface area contributed by atoms with Crippen LogP contribution in [0.25, 0.3) is 10.9 Å². The third-order valence-electron chi connectivity index (χ3n) is 6.25. The van der Waals surface area contributed by atoms with Gasteiger partial charge in [0.15, 0.2) is 0 Å². The van der Waals surface area contributed by atoms with Crippen LogP contribution in [0.2, 0.25) is 0 Å². The van der Waals surface area contributed by atoms with Gasteiger partial charge in [-0.15, -0.1) is 0 Å². The van der Waals surface area contributed by atoms with E-state index in [2.05, 4.69) is 46.6 Å². The van der Waals surface area contributed by atoms with Crippen LogP contribution < -0.4 is 0 Å². The standard InChI is InChI=1S/C22H25N3O/c1-15-3-4-20-19(11-15)18-7-10-24(2)13-16-12-22(26,14-25(20)21(16)18)17-5-8-23-9-6-17/h3-6,8-9,11,16,26H,7,10,12-14H2,1-2H3. The average molecular weight is 347 g/mol. The van der Waals surface area contributed by atoms with Crippen molar-refractivity contribution in [3.63, 3.8) is 0 Å². The topological polar surface area (TPSA) is 41.3 Å². The third kappa shape index (κ3) is 2.32. The number of aliphatic hydroxyl groups is 1. The number of aromatic nitrogens is 2. The van der Waals surface area contributed by atoms with E-state index in [-0.39, 0.29) is 0 Å². The predicted octanol–water partition coefficient (Wildman–Crippen LogP) is 3.21. The number of fused-ring (bicyclic) bond motifs is 3. The van der Waals surface area contributed by atoms with Gasteiger partial charge in [0.25, 0.3) is 0 Å². The molecule has 0 amide bonds. The van der Waals surface area contributed by atoms with Gasteiger partial charge in [-0.2, -0.15) is 0 Å². The van der Waals surface area contributed by atoms with Crippen LogP contribution in [-0.2, 0) is 18.6 Å². The molecule has 2 aliphatic rings. The van der Waals surface area contributed by atoms with Crippen molar-refractivity contribution in [2.75, 3.05) is 20.1 Å². The Morgan fingerprint density at radius 1 is 1.19 bits per heavy atom. The summed E-state index contributed by atoms with van der Waals surface area (Å²) in [5.74, 6) is 0.345. The van der Waals surface area contributed by atoms with E-state index in [1.807, 2.05) is 12.1 Å². The number of aryl methyl sites for hydroxylation is 1. The van der Waals surface area contributed by atoms with Gasteiger partial charge >= 0.3 is 0 Å². The summed E-state index contributed by atoms with van der Waals surface area (Å²) < 4.78 is 2.40. The molecule has 0 aliphatic carbocycles. The molecule has 4 nitrogen and oxygen atoms in total. The van der Waals surface area contributed by atoms with Crippen molar-refractivity contribution in [2.24, 2.45) is 0 Å². The van der Waals surface area contributed by atoms with Crippen molar-refractivity contribution in [1.29, 1.82) is 0 Å². The molecule has 4 heterocycles. The van der Waals surface area contributed by atoms with Crippen LogP contribution in [0.5, 0.6) is 0 Å². The summed E-state index contributed by atoms with van der Waals surface area (Å²) in [5, 5.41) is 13.0. The minimum atomic E-state index is -0.847. The molecule has 5 rings (SSSR count).